The summed E-state index contributed by atoms with van der Waals surface area (Å²) in [5, 5.41) is 2.73. The minimum Gasteiger partial charge on any atom is -0.458 e. The fourth-order valence-corrected chi connectivity index (χ4v) is 3.95. The molecule has 2 aromatic rings. The maximum Gasteiger partial charge on any atom is 0.350 e. The van der Waals surface area contributed by atoms with Crippen LogP contribution in [-0.2, 0) is 25.7 Å². The number of ether oxygens (including phenoxy) is 1. The second kappa shape index (κ2) is 8.22. The summed E-state index contributed by atoms with van der Waals surface area (Å²) < 4.78 is 5.38. The lowest BCUT2D eigenvalue weighted by Crippen LogP contribution is -2.71. The molecule has 0 saturated carbocycles. The van der Waals surface area contributed by atoms with Crippen LogP contribution in [0.25, 0.3) is 0 Å². The van der Waals surface area contributed by atoms with Crippen LogP contribution in [0, 0.1) is 6.92 Å². The van der Waals surface area contributed by atoms with Gasteiger partial charge in [-0.3, -0.25) is 14.4 Å². The lowest BCUT2D eigenvalue weighted by Gasteiger charge is -2.43. The normalized spacial score (nSPS) is 21.9. The number of benzene rings is 2. The minimum absolute atomic E-state index is 0.0439. The summed E-state index contributed by atoms with van der Waals surface area (Å²) in [7, 11) is 0. The van der Waals surface area contributed by atoms with E-state index in [1.807, 2.05) is 49.4 Å². The zero-order valence-corrected chi connectivity index (χ0v) is 17.3. The summed E-state index contributed by atoms with van der Waals surface area (Å²) in [6, 6.07) is 14.9. The molecule has 2 aliphatic heterocycles. The SMILES string of the molecule is CC(=O)N1CC2C(NC(=O)c3ccc(C)cc3)C(=O)N2C1C(=O)OCc1ccccc1. The zero-order valence-electron chi connectivity index (χ0n) is 17.3. The van der Waals surface area contributed by atoms with Gasteiger partial charge in [0.1, 0.15) is 12.6 Å². The van der Waals surface area contributed by atoms with Gasteiger partial charge in [-0.2, -0.15) is 0 Å². The molecule has 2 heterocycles. The number of esters is 1. The number of amides is 3. The summed E-state index contributed by atoms with van der Waals surface area (Å²) in [4.78, 5) is 52.8. The maximum atomic E-state index is 12.8. The smallest absolute Gasteiger partial charge is 0.350 e. The highest BCUT2D eigenvalue weighted by molar-refractivity contribution is 6.02. The van der Waals surface area contributed by atoms with Crippen LogP contribution in [0.4, 0.5) is 0 Å². The number of carbonyl (C=O) groups excluding carboxylic acids is 4. The molecule has 0 radical (unpaired) electrons. The first-order valence-electron chi connectivity index (χ1n) is 10.0. The Bertz CT molecular complexity index is 1020. The van der Waals surface area contributed by atoms with Crippen molar-refractivity contribution in [2.24, 2.45) is 0 Å². The van der Waals surface area contributed by atoms with E-state index in [2.05, 4.69) is 5.32 Å². The third kappa shape index (κ3) is 3.88. The van der Waals surface area contributed by atoms with Gasteiger partial charge in [-0.25, -0.2) is 4.79 Å². The molecular weight excluding hydrogens is 398 g/mol. The van der Waals surface area contributed by atoms with Gasteiger partial charge in [0.15, 0.2) is 0 Å². The molecule has 2 fully saturated rings. The van der Waals surface area contributed by atoms with E-state index in [9.17, 15) is 19.2 Å². The van der Waals surface area contributed by atoms with Crippen LogP contribution < -0.4 is 5.32 Å². The predicted molar refractivity (Wildman–Crippen MR) is 110 cm³/mol. The van der Waals surface area contributed by atoms with Crippen molar-refractivity contribution in [3.8, 4) is 0 Å². The highest BCUT2D eigenvalue weighted by Gasteiger charge is 2.60. The standard InChI is InChI=1S/C23H23N3O5/c1-14-8-10-17(11-9-14)20(28)24-19-18-12-25(15(2)27)21(26(18)22(19)29)23(30)31-13-16-6-4-3-5-7-16/h3-11,18-19,21H,12-13H2,1-2H3,(H,24,28). The molecule has 3 unspecified atom stereocenters. The first kappa shape index (κ1) is 20.6. The number of hydrogen-bond acceptors (Lipinski definition) is 5. The van der Waals surface area contributed by atoms with Crippen LogP contribution in [-0.4, -0.2) is 58.3 Å². The summed E-state index contributed by atoms with van der Waals surface area (Å²) in [5.74, 6) is -1.79. The summed E-state index contributed by atoms with van der Waals surface area (Å²) in [6.07, 6.45) is -1.12. The molecular formula is C23H23N3O5. The number of rotatable bonds is 5. The first-order valence-corrected chi connectivity index (χ1v) is 10.0. The van der Waals surface area contributed by atoms with E-state index in [0.29, 0.717) is 5.56 Å². The molecule has 2 saturated heterocycles. The molecule has 2 aromatic carbocycles. The van der Waals surface area contributed by atoms with Gasteiger partial charge in [0.05, 0.1) is 6.04 Å². The Labute approximate surface area is 179 Å². The Morgan fingerprint density at radius 2 is 1.74 bits per heavy atom. The predicted octanol–water partition coefficient (Wildman–Crippen LogP) is 1.24. The third-order valence-electron chi connectivity index (χ3n) is 5.64. The largest absolute Gasteiger partial charge is 0.458 e. The van der Waals surface area contributed by atoms with Crippen LogP contribution in [0.3, 0.4) is 0 Å². The molecule has 0 spiro atoms. The van der Waals surface area contributed by atoms with E-state index in [-0.39, 0.29) is 25.0 Å². The van der Waals surface area contributed by atoms with Crippen LogP contribution >= 0.6 is 0 Å². The monoisotopic (exact) mass is 421 g/mol. The number of β-lactam (4-membered cyclic amide) rings is 1. The van der Waals surface area contributed by atoms with Gasteiger partial charge >= 0.3 is 5.97 Å². The van der Waals surface area contributed by atoms with Crippen molar-refractivity contribution in [3.63, 3.8) is 0 Å². The average Bonchev–Trinajstić information content (AvgIpc) is 3.13. The van der Waals surface area contributed by atoms with E-state index in [4.69, 9.17) is 4.74 Å². The lowest BCUT2D eigenvalue weighted by molar-refractivity contribution is -0.169. The van der Waals surface area contributed by atoms with E-state index < -0.39 is 30.1 Å². The van der Waals surface area contributed by atoms with Gasteiger partial charge in [-0.1, -0.05) is 48.0 Å². The quantitative estimate of drug-likeness (QED) is 0.579. The molecule has 1 N–H and O–H groups in total. The van der Waals surface area contributed by atoms with Crippen LogP contribution in [0.15, 0.2) is 54.6 Å². The molecule has 4 rings (SSSR count). The van der Waals surface area contributed by atoms with Gasteiger partial charge in [-0.15, -0.1) is 0 Å². The molecule has 8 nitrogen and oxygen atoms in total. The van der Waals surface area contributed by atoms with Crippen molar-refractivity contribution in [1.29, 1.82) is 0 Å². The Morgan fingerprint density at radius 3 is 2.39 bits per heavy atom. The van der Waals surface area contributed by atoms with E-state index in [0.717, 1.165) is 11.1 Å². The molecule has 0 aromatic heterocycles. The fraction of sp³-hybridized carbons (Fsp3) is 0.304. The highest BCUT2D eigenvalue weighted by Crippen LogP contribution is 2.33. The number of hydrogen-bond donors (Lipinski definition) is 1. The van der Waals surface area contributed by atoms with Crippen molar-refractivity contribution in [3.05, 3.63) is 71.3 Å². The Kier molecular flexibility index (Phi) is 5.46. The Hall–Kier alpha value is -3.68. The number of carbonyl (C=O) groups is 4. The highest BCUT2D eigenvalue weighted by atomic mass is 16.5. The Balaban J connectivity index is 1.45. The maximum absolute atomic E-state index is 12.8. The van der Waals surface area contributed by atoms with Gasteiger partial charge in [0.2, 0.25) is 18.0 Å². The molecule has 0 bridgehead atoms. The van der Waals surface area contributed by atoms with Crippen molar-refractivity contribution in [2.75, 3.05) is 6.54 Å². The molecule has 0 aliphatic carbocycles. The van der Waals surface area contributed by atoms with E-state index >= 15 is 0 Å². The number of aryl methyl sites for hydroxylation is 1. The molecule has 3 atom stereocenters. The third-order valence-corrected chi connectivity index (χ3v) is 5.64. The average molecular weight is 421 g/mol. The second-order valence-electron chi connectivity index (χ2n) is 7.77. The van der Waals surface area contributed by atoms with E-state index in [1.54, 1.807) is 12.1 Å². The minimum atomic E-state index is -1.12. The van der Waals surface area contributed by atoms with Gasteiger partial charge in [-0.05, 0) is 24.6 Å². The molecule has 8 heteroatoms. The Morgan fingerprint density at radius 1 is 1.06 bits per heavy atom. The van der Waals surface area contributed by atoms with Gasteiger partial charge in [0, 0.05) is 19.0 Å². The second-order valence-corrected chi connectivity index (χ2v) is 7.77. The van der Waals surface area contributed by atoms with E-state index in [1.165, 1.54) is 16.7 Å². The van der Waals surface area contributed by atoms with Crippen LogP contribution in [0.1, 0.15) is 28.4 Å². The lowest BCUT2D eigenvalue weighted by atomic mass is 9.96. The van der Waals surface area contributed by atoms with Crippen molar-refractivity contribution in [2.45, 2.75) is 38.7 Å². The fourth-order valence-electron chi connectivity index (χ4n) is 3.95. The first-order chi connectivity index (χ1) is 14.9. The number of nitrogens with one attached hydrogen (secondary N) is 1. The van der Waals surface area contributed by atoms with Crippen LogP contribution in [0.2, 0.25) is 0 Å². The topological polar surface area (TPSA) is 96.0 Å². The van der Waals surface area contributed by atoms with Gasteiger partial charge in [0.25, 0.3) is 5.91 Å². The number of nitrogens with zero attached hydrogens (tertiary/aromatic N) is 2. The summed E-state index contributed by atoms with van der Waals surface area (Å²) in [5.41, 5.74) is 2.27. The van der Waals surface area contributed by atoms with Crippen LogP contribution in [0.5, 0.6) is 0 Å². The molecule has 160 valence electrons. The van der Waals surface area contributed by atoms with Crippen molar-refractivity contribution < 1.29 is 23.9 Å². The zero-order chi connectivity index (χ0) is 22.1. The molecule has 3 amide bonds. The summed E-state index contributed by atoms with van der Waals surface area (Å²) in [6.45, 7) is 3.46. The molecule has 2 aliphatic rings. The number of fused-ring (bicyclic) bond motifs is 1. The van der Waals surface area contributed by atoms with Crippen molar-refractivity contribution >= 4 is 23.7 Å². The van der Waals surface area contributed by atoms with Crippen molar-refractivity contribution in [1.82, 2.24) is 15.1 Å². The molecule has 31 heavy (non-hydrogen) atoms. The van der Waals surface area contributed by atoms with Gasteiger partial charge < -0.3 is 19.9 Å². The summed E-state index contributed by atoms with van der Waals surface area (Å²) >= 11 is 0.